The van der Waals surface area contributed by atoms with Crippen LogP contribution in [0.1, 0.15) is 35.6 Å². The first-order chi connectivity index (χ1) is 18.2. The number of halogens is 3. The van der Waals surface area contributed by atoms with Crippen LogP contribution >= 0.6 is 0 Å². The number of anilines is 3. The molecule has 3 aromatic rings. The van der Waals surface area contributed by atoms with Gasteiger partial charge in [0.1, 0.15) is 0 Å². The molecule has 1 aliphatic carbocycles. The summed E-state index contributed by atoms with van der Waals surface area (Å²) in [6.07, 6.45) is -1.63. The van der Waals surface area contributed by atoms with Gasteiger partial charge in [-0.25, -0.2) is 0 Å². The van der Waals surface area contributed by atoms with Gasteiger partial charge < -0.3 is 16.0 Å². The van der Waals surface area contributed by atoms with E-state index in [1.54, 1.807) is 49.4 Å². The molecule has 0 bridgehead atoms. The largest absolute Gasteiger partial charge is 0.416 e. The third-order valence-corrected chi connectivity index (χ3v) is 7.35. The Kier molecular flexibility index (Phi) is 6.09. The number of carbonyl (C=O) groups is 2. The number of nitrogens with two attached hydrogens (primary N) is 1. The second-order valence-corrected chi connectivity index (χ2v) is 9.27. The third-order valence-electron chi connectivity index (χ3n) is 7.35. The second-order valence-electron chi connectivity index (χ2n) is 9.27. The molecule has 9 heteroatoms. The first kappa shape index (κ1) is 25.3. The van der Waals surface area contributed by atoms with E-state index in [4.69, 9.17) is 11.1 Å². The summed E-state index contributed by atoms with van der Waals surface area (Å²) in [6, 6.07) is 16.8. The van der Waals surface area contributed by atoms with E-state index in [1.807, 2.05) is 6.07 Å². The van der Waals surface area contributed by atoms with Gasteiger partial charge in [0.2, 0.25) is 5.91 Å². The lowest BCUT2D eigenvalue weighted by atomic mass is 9.78. The van der Waals surface area contributed by atoms with Gasteiger partial charge >= 0.3 is 6.18 Å². The van der Waals surface area contributed by atoms with Gasteiger partial charge in [0.05, 0.1) is 16.9 Å². The van der Waals surface area contributed by atoms with E-state index in [2.05, 4.69) is 0 Å². The number of fused-ring (bicyclic) bond motifs is 3. The third kappa shape index (κ3) is 3.69. The predicted octanol–water partition coefficient (Wildman–Crippen LogP) is 5.57. The number of hydrogen-bond donors (Lipinski definition) is 2. The molecule has 0 saturated heterocycles. The first-order valence-corrected chi connectivity index (χ1v) is 12.2. The van der Waals surface area contributed by atoms with Crippen molar-refractivity contribution >= 4 is 40.7 Å². The minimum absolute atomic E-state index is 0.00493. The molecule has 2 aliphatic rings. The number of para-hydroxylation sites is 1. The Morgan fingerprint density at radius 2 is 1.76 bits per heavy atom. The Bertz CT molecular complexity index is 1480. The Balaban J connectivity index is 1.79. The number of likely N-dealkylation sites (N-methyl/N-ethyl adjacent to an activating group) is 1. The molecule has 3 aromatic carbocycles. The fourth-order valence-electron chi connectivity index (χ4n) is 5.51. The van der Waals surface area contributed by atoms with Crippen molar-refractivity contribution < 1.29 is 22.8 Å². The van der Waals surface area contributed by atoms with Crippen LogP contribution in [0, 0.1) is 5.41 Å². The molecule has 0 radical (unpaired) electrons. The van der Waals surface area contributed by atoms with E-state index >= 15 is 0 Å². The molecule has 1 heterocycles. The summed E-state index contributed by atoms with van der Waals surface area (Å²) in [5.41, 5.74) is 6.17. The number of alkyl halides is 3. The minimum atomic E-state index is -4.63. The maximum Gasteiger partial charge on any atom is 0.416 e. The molecule has 0 fully saturated rings. The second kappa shape index (κ2) is 9.16. The SMILES string of the molecule is CCN1C(=O)C2(CCc3cc(/C(C=N)=C/N)ccc32)C(=O)N(c2ccccc2)c2cc(C(F)(F)F)ccc21. The maximum absolute atomic E-state index is 14.6. The molecule has 1 atom stereocenters. The van der Waals surface area contributed by atoms with Gasteiger partial charge in [-0.2, -0.15) is 13.2 Å². The van der Waals surface area contributed by atoms with Crippen molar-refractivity contribution in [2.75, 3.05) is 16.3 Å². The Hall–Kier alpha value is -4.40. The van der Waals surface area contributed by atoms with Crippen LogP contribution in [-0.2, 0) is 27.6 Å². The highest BCUT2D eigenvalue weighted by Crippen LogP contribution is 2.50. The van der Waals surface area contributed by atoms with Crippen molar-refractivity contribution in [2.24, 2.45) is 5.73 Å². The zero-order chi connectivity index (χ0) is 27.2. The average Bonchev–Trinajstić information content (AvgIpc) is 3.27. The fraction of sp³-hybridized carbons (Fsp3) is 0.207. The van der Waals surface area contributed by atoms with E-state index in [0.29, 0.717) is 28.8 Å². The summed E-state index contributed by atoms with van der Waals surface area (Å²) < 4.78 is 41.3. The zero-order valence-corrected chi connectivity index (χ0v) is 20.5. The van der Waals surface area contributed by atoms with E-state index in [-0.39, 0.29) is 24.3 Å². The van der Waals surface area contributed by atoms with Crippen molar-refractivity contribution in [3.63, 3.8) is 0 Å². The number of allylic oxidation sites excluding steroid dienone is 1. The molecule has 38 heavy (non-hydrogen) atoms. The normalized spacial score (nSPS) is 19.4. The van der Waals surface area contributed by atoms with E-state index < -0.39 is 29.0 Å². The van der Waals surface area contributed by atoms with Gasteiger partial charge in [-0.3, -0.25) is 14.5 Å². The summed E-state index contributed by atoms with van der Waals surface area (Å²) in [7, 11) is 0. The van der Waals surface area contributed by atoms with Crippen LogP contribution in [0.2, 0.25) is 0 Å². The fourth-order valence-corrected chi connectivity index (χ4v) is 5.51. The number of rotatable bonds is 4. The summed E-state index contributed by atoms with van der Waals surface area (Å²) in [6.45, 7) is 1.90. The van der Waals surface area contributed by atoms with Gasteiger partial charge in [-0.05, 0) is 66.8 Å². The van der Waals surface area contributed by atoms with Gasteiger partial charge in [0.25, 0.3) is 5.91 Å². The molecule has 1 spiro atoms. The van der Waals surface area contributed by atoms with Gasteiger partial charge in [0, 0.05) is 30.2 Å². The standard InChI is InChI=1S/C29H25F3N4O2/c1-2-35-24-11-9-21(29(30,31)32)15-25(24)36(22-6-4-3-5-7-22)27(38)28(26(35)37)13-12-19-14-18(8-10-23(19)28)20(16-33)17-34/h3-11,14-17,33H,2,12-13,34H2,1H3/b20-17+,33-16?. The summed E-state index contributed by atoms with van der Waals surface area (Å²) in [5.74, 6) is -1.07. The minimum Gasteiger partial charge on any atom is -0.404 e. The van der Waals surface area contributed by atoms with Crippen LogP contribution in [-0.4, -0.2) is 24.6 Å². The lowest BCUT2D eigenvalue weighted by molar-refractivity contribution is -0.138. The van der Waals surface area contributed by atoms with Crippen LogP contribution in [0.3, 0.4) is 0 Å². The van der Waals surface area contributed by atoms with Crippen LogP contribution in [0.5, 0.6) is 0 Å². The monoisotopic (exact) mass is 518 g/mol. The van der Waals surface area contributed by atoms with Crippen molar-refractivity contribution in [1.82, 2.24) is 0 Å². The predicted molar refractivity (Wildman–Crippen MR) is 140 cm³/mol. The van der Waals surface area contributed by atoms with Crippen LogP contribution in [0.25, 0.3) is 5.57 Å². The number of aryl methyl sites for hydroxylation is 1. The van der Waals surface area contributed by atoms with Gasteiger partial charge in [-0.1, -0.05) is 36.4 Å². The average molecular weight is 519 g/mol. The van der Waals surface area contributed by atoms with Crippen molar-refractivity contribution in [1.29, 1.82) is 5.41 Å². The summed E-state index contributed by atoms with van der Waals surface area (Å²) in [4.78, 5) is 31.6. The maximum atomic E-state index is 14.6. The van der Waals surface area contributed by atoms with Crippen molar-refractivity contribution in [2.45, 2.75) is 31.4 Å². The van der Waals surface area contributed by atoms with Gasteiger partial charge in [-0.15, -0.1) is 0 Å². The van der Waals surface area contributed by atoms with Crippen molar-refractivity contribution in [3.05, 3.63) is 95.2 Å². The highest BCUT2D eigenvalue weighted by atomic mass is 19.4. The van der Waals surface area contributed by atoms with E-state index in [1.165, 1.54) is 22.1 Å². The Morgan fingerprint density at radius 3 is 2.39 bits per heavy atom. The number of nitrogens with zero attached hydrogens (tertiary/aromatic N) is 2. The summed E-state index contributed by atoms with van der Waals surface area (Å²) in [5, 5.41) is 7.61. The number of hydrogen-bond acceptors (Lipinski definition) is 4. The number of benzene rings is 3. The van der Waals surface area contributed by atoms with E-state index in [0.717, 1.165) is 23.9 Å². The Labute approximate surface area is 217 Å². The Morgan fingerprint density at radius 1 is 1.03 bits per heavy atom. The van der Waals surface area contributed by atoms with Crippen LogP contribution in [0.4, 0.5) is 30.2 Å². The smallest absolute Gasteiger partial charge is 0.404 e. The molecule has 194 valence electrons. The molecular formula is C29H25F3N4O2. The highest BCUT2D eigenvalue weighted by molar-refractivity contribution is 6.27. The molecular weight excluding hydrogens is 493 g/mol. The quantitative estimate of drug-likeness (QED) is 0.350. The molecule has 0 aromatic heterocycles. The van der Waals surface area contributed by atoms with Gasteiger partial charge in [0.15, 0.2) is 5.41 Å². The number of carbonyl (C=O) groups excluding carboxylic acids is 2. The molecule has 6 nitrogen and oxygen atoms in total. The molecule has 1 aliphatic heterocycles. The lowest BCUT2D eigenvalue weighted by Crippen LogP contribution is -2.53. The van der Waals surface area contributed by atoms with Crippen LogP contribution < -0.4 is 15.5 Å². The highest BCUT2D eigenvalue weighted by Gasteiger charge is 2.57. The van der Waals surface area contributed by atoms with E-state index in [9.17, 15) is 22.8 Å². The molecule has 3 N–H and O–H groups in total. The molecule has 2 amide bonds. The number of amides is 2. The molecule has 0 saturated carbocycles. The van der Waals surface area contributed by atoms with Crippen LogP contribution in [0.15, 0.2) is 72.9 Å². The first-order valence-electron chi connectivity index (χ1n) is 12.2. The number of nitrogens with one attached hydrogen (secondary N) is 1. The molecule has 1 unspecified atom stereocenters. The zero-order valence-electron chi connectivity index (χ0n) is 20.5. The topological polar surface area (TPSA) is 90.5 Å². The summed E-state index contributed by atoms with van der Waals surface area (Å²) >= 11 is 0. The van der Waals surface area contributed by atoms with Crippen molar-refractivity contribution in [3.8, 4) is 0 Å². The lowest BCUT2D eigenvalue weighted by Gasteiger charge is -2.32. The molecule has 5 rings (SSSR count).